The summed E-state index contributed by atoms with van der Waals surface area (Å²) >= 11 is 0. The molecule has 1 saturated heterocycles. The highest BCUT2D eigenvalue weighted by Crippen LogP contribution is 2.14. The highest BCUT2D eigenvalue weighted by Gasteiger charge is 2.22. The number of hydrogen-bond acceptors (Lipinski definition) is 2. The van der Waals surface area contributed by atoms with E-state index in [2.05, 4.69) is 18.7 Å². The van der Waals surface area contributed by atoms with Gasteiger partial charge in [-0.3, -0.25) is 9.69 Å². The molecule has 1 aliphatic rings. The highest BCUT2D eigenvalue weighted by molar-refractivity contribution is 5.94. The van der Waals surface area contributed by atoms with Crippen LogP contribution in [0.5, 0.6) is 0 Å². The van der Waals surface area contributed by atoms with Gasteiger partial charge in [-0.25, -0.2) is 4.39 Å². The minimum atomic E-state index is -0.259. The van der Waals surface area contributed by atoms with Crippen LogP contribution in [0.4, 0.5) is 4.39 Å². The van der Waals surface area contributed by atoms with E-state index in [-0.39, 0.29) is 11.7 Å². The monoisotopic (exact) mass is 292 g/mol. The number of carbonyl (C=O) groups is 1. The first-order valence-corrected chi connectivity index (χ1v) is 7.75. The molecule has 0 N–H and O–H groups in total. The van der Waals surface area contributed by atoms with Gasteiger partial charge in [0.2, 0.25) is 0 Å². The molecule has 0 unspecified atom stereocenters. The van der Waals surface area contributed by atoms with Gasteiger partial charge in [0, 0.05) is 31.7 Å². The zero-order chi connectivity index (χ0) is 15.4. The fourth-order valence-electron chi connectivity index (χ4n) is 2.58. The Labute approximate surface area is 126 Å². The van der Waals surface area contributed by atoms with E-state index < -0.39 is 0 Å². The molecule has 0 saturated carbocycles. The Morgan fingerprint density at radius 3 is 2.48 bits per heavy atom. The first-order chi connectivity index (χ1) is 9.97. The van der Waals surface area contributed by atoms with Gasteiger partial charge < -0.3 is 4.90 Å². The predicted molar refractivity (Wildman–Crippen MR) is 82.9 cm³/mol. The number of rotatable bonds is 4. The highest BCUT2D eigenvalue weighted by atomic mass is 19.1. The molecule has 1 aliphatic heterocycles. The number of nitrogens with zero attached hydrogens (tertiary/aromatic N) is 2. The zero-order valence-electron chi connectivity index (χ0n) is 13.2. The molecule has 2 rings (SSSR count). The second kappa shape index (κ2) is 7.03. The van der Waals surface area contributed by atoms with Crippen molar-refractivity contribution >= 4 is 5.91 Å². The molecule has 0 aliphatic carbocycles. The van der Waals surface area contributed by atoms with Crippen LogP contribution in [0.15, 0.2) is 18.2 Å². The molecule has 0 atom stereocenters. The first kappa shape index (κ1) is 16.0. The van der Waals surface area contributed by atoms with Gasteiger partial charge in [-0.05, 0) is 49.6 Å². The smallest absolute Gasteiger partial charge is 0.253 e. The van der Waals surface area contributed by atoms with Crippen LogP contribution in [0, 0.1) is 18.7 Å². The van der Waals surface area contributed by atoms with Gasteiger partial charge in [-0.2, -0.15) is 0 Å². The Bertz CT molecular complexity index is 494. The maximum absolute atomic E-state index is 13.3. The Morgan fingerprint density at radius 2 is 1.90 bits per heavy atom. The lowest BCUT2D eigenvalue weighted by Gasteiger charge is -2.35. The third kappa shape index (κ3) is 4.27. The number of carbonyl (C=O) groups excluding carboxylic acids is 1. The van der Waals surface area contributed by atoms with E-state index in [9.17, 15) is 9.18 Å². The van der Waals surface area contributed by atoms with Gasteiger partial charge >= 0.3 is 0 Å². The van der Waals surface area contributed by atoms with Gasteiger partial charge in [0.05, 0.1) is 0 Å². The number of hydrogen-bond donors (Lipinski definition) is 0. The van der Waals surface area contributed by atoms with Crippen LogP contribution in [0.1, 0.15) is 36.2 Å². The van der Waals surface area contributed by atoms with Crippen LogP contribution in [0.25, 0.3) is 0 Å². The van der Waals surface area contributed by atoms with E-state index in [1.807, 2.05) is 4.90 Å². The fraction of sp³-hybridized carbons (Fsp3) is 0.588. The summed E-state index contributed by atoms with van der Waals surface area (Å²) in [5.74, 6) is 0.471. The lowest BCUT2D eigenvalue weighted by molar-refractivity contribution is 0.0631. The van der Waals surface area contributed by atoms with Crippen molar-refractivity contribution in [1.29, 1.82) is 0 Å². The normalized spacial score (nSPS) is 16.5. The van der Waals surface area contributed by atoms with Crippen LogP contribution in [-0.4, -0.2) is 48.4 Å². The predicted octanol–water partition coefficient (Wildman–Crippen LogP) is 2.94. The lowest BCUT2D eigenvalue weighted by atomic mass is 10.1. The van der Waals surface area contributed by atoms with E-state index >= 15 is 0 Å². The van der Waals surface area contributed by atoms with Crippen LogP contribution in [0.3, 0.4) is 0 Å². The van der Waals surface area contributed by atoms with Crippen molar-refractivity contribution in [3.8, 4) is 0 Å². The van der Waals surface area contributed by atoms with E-state index in [4.69, 9.17) is 0 Å². The van der Waals surface area contributed by atoms with Crippen molar-refractivity contribution in [3.63, 3.8) is 0 Å². The molecule has 21 heavy (non-hydrogen) atoms. The number of benzene rings is 1. The second-order valence-electron chi connectivity index (χ2n) is 6.28. The molecule has 1 amide bonds. The maximum Gasteiger partial charge on any atom is 0.253 e. The Kier molecular flexibility index (Phi) is 5.34. The van der Waals surface area contributed by atoms with E-state index in [0.29, 0.717) is 17.0 Å². The zero-order valence-corrected chi connectivity index (χ0v) is 13.2. The Balaban J connectivity index is 1.89. The molecule has 0 bridgehead atoms. The molecule has 3 nitrogen and oxygen atoms in total. The van der Waals surface area contributed by atoms with Crippen molar-refractivity contribution < 1.29 is 9.18 Å². The average molecular weight is 292 g/mol. The van der Waals surface area contributed by atoms with Gasteiger partial charge in [0.15, 0.2) is 0 Å². The van der Waals surface area contributed by atoms with Gasteiger partial charge in [0.1, 0.15) is 5.82 Å². The summed E-state index contributed by atoms with van der Waals surface area (Å²) < 4.78 is 13.3. The molecule has 1 aromatic carbocycles. The minimum Gasteiger partial charge on any atom is -0.336 e. The van der Waals surface area contributed by atoms with Gasteiger partial charge in [-0.1, -0.05) is 13.8 Å². The van der Waals surface area contributed by atoms with Crippen molar-refractivity contribution in [2.75, 3.05) is 32.7 Å². The van der Waals surface area contributed by atoms with Crippen LogP contribution < -0.4 is 0 Å². The van der Waals surface area contributed by atoms with Crippen LogP contribution in [-0.2, 0) is 0 Å². The largest absolute Gasteiger partial charge is 0.336 e. The van der Waals surface area contributed by atoms with E-state index in [1.54, 1.807) is 19.1 Å². The molecule has 1 heterocycles. The van der Waals surface area contributed by atoms with Crippen molar-refractivity contribution in [2.45, 2.75) is 27.2 Å². The number of halogens is 1. The van der Waals surface area contributed by atoms with Crippen molar-refractivity contribution in [1.82, 2.24) is 9.80 Å². The molecule has 0 aromatic heterocycles. The fourth-order valence-corrected chi connectivity index (χ4v) is 2.58. The summed E-state index contributed by atoms with van der Waals surface area (Å²) in [6, 6.07) is 4.60. The average Bonchev–Trinajstić information content (AvgIpc) is 2.48. The van der Waals surface area contributed by atoms with E-state index in [1.165, 1.54) is 12.5 Å². The molecule has 1 aromatic rings. The lowest BCUT2D eigenvalue weighted by Crippen LogP contribution is -2.49. The summed E-state index contributed by atoms with van der Waals surface area (Å²) in [6.45, 7) is 10.6. The third-order valence-electron chi connectivity index (χ3n) is 4.09. The third-order valence-corrected chi connectivity index (χ3v) is 4.09. The SMILES string of the molecule is Cc1cc(C(=O)N2CCN(CCC(C)C)CC2)ccc1F. The van der Waals surface area contributed by atoms with Crippen molar-refractivity contribution in [3.05, 3.63) is 35.1 Å². The van der Waals surface area contributed by atoms with Gasteiger partial charge in [0.25, 0.3) is 5.91 Å². The summed E-state index contributed by atoms with van der Waals surface area (Å²) in [4.78, 5) is 16.7. The first-order valence-electron chi connectivity index (χ1n) is 7.75. The van der Waals surface area contributed by atoms with Crippen molar-refractivity contribution in [2.24, 2.45) is 5.92 Å². The Hall–Kier alpha value is -1.42. The summed E-state index contributed by atoms with van der Waals surface area (Å²) in [5.41, 5.74) is 1.11. The molecule has 1 fully saturated rings. The Morgan fingerprint density at radius 1 is 1.24 bits per heavy atom. The standard InChI is InChI=1S/C17H25FN2O/c1-13(2)6-7-19-8-10-20(11-9-19)17(21)15-4-5-16(18)14(3)12-15/h4-5,12-13H,6-11H2,1-3H3. The van der Waals surface area contributed by atoms with Crippen LogP contribution in [0.2, 0.25) is 0 Å². The number of aryl methyl sites for hydroxylation is 1. The summed E-state index contributed by atoms with van der Waals surface area (Å²) in [7, 11) is 0. The molecule has 0 radical (unpaired) electrons. The molecular formula is C17H25FN2O. The molecular weight excluding hydrogens is 267 g/mol. The molecule has 4 heteroatoms. The topological polar surface area (TPSA) is 23.6 Å². The molecule has 116 valence electrons. The van der Waals surface area contributed by atoms with E-state index in [0.717, 1.165) is 32.7 Å². The number of piperazine rings is 1. The van der Waals surface area contributed by atoms with Gasteiger partial charge in [-0.15, -0.1) is 0 Å². The molecule has 0 spiro atoms. The second-order valence-corrected chi connectivity index (χ2v) is 6.28. The van der Waals surface area contributed by atoms with Crippen LogP contribution >= 0.6 is 0 Å². The maximum atomic E-state index is 13.3. The minimum absolute atomic E-state index is 0.0154. The quantitative estimate of drug-likeness (QED) is 0.852. The number of amides is 1. The summed E-state index contributed by atoms with van der Waals surface area (Å²) in [5, 5.41) is 0. The summed E-state index contributed by atoms with van der Waals surface area (Å²) in [6.07, 6.45) is 1.20.